The van der Waals surface area contributed by atoms with Crippen molar-refractivity contribution in [1.29, 1.82) is 0 Å². The topological polar surface area (TPSA) is 117 Å². The van der Waals surface area contributed by atoms with Crippen molar-refractivity contribution in [3.63, 3.8) is 0 Å². The van der Waals surface area contributed by atoms with E-state index in [1.165, 1.54) is 0 Å². The Morgan fingerprint density at radius 1 is 1.14 bits per heavy atom. The van der Waals surface area contributed by atoms with Gasteiger partial charge in [0.2, 0.25) is 11.8 Å². The number of nitrogens with one attached hydrogen (secondary N) is 2. The largest absolute Gasteiger partial charge is 0.478 e. The van der Waals surface area contributed by atoms with Crippen molar-refractivity contribution in [2.24, 2.45) is 5.92 Å². The van der Waals surface area contributed by atoms with E-state index >= 15 is 0 Å². The number of carbonyl (C=O) groups is 3. The number of likely N-dealkylation sites (N-methyl/N-ethyl adjacent to an activating group) is 1. The summed E-state index contributed by atoms with van der Waals surface area (Å²) in [5.74, 6) is -1.33. The highest BCUT2D eigenvalue weighted by molar-refractivity contribution is 6.03. The summed E-state index contributed by atoms with van der Waals surface area (Å²) in [5, 5.41) is 16.0. The van der Waals surface area contributed by atoms with Crippen molar-refractivity contribution in [2.45, 2.75) is 51.7 Å². The summed E-state index contributed by atoms with van der Waals surface area (Å²) in [6.45, 7) is 6.24. The van der Waals surface area contributed by atoms with Crippen LogP contribution in [0.2, 0.25) is 0 Å². The lowest BCUT2D eigenvalue weighted by Crippen LogP contribution is -2.54. The monoisotopic (exact) mass is 491 g/mol. The van der Waals surface area contributed by atoms with Gasteiger partial charge in [-0.1, -0.05) is 19.9 Å². The van der Waals surface area contributed by atoms with E-state index < -0.39 is 18.1 Å². The van der Waals surface area contributed by atoms with E-state index in [1.54, 1.807) is 44.6 Å². The van der Waals surface area contributed by atoms with Gasteiger partial charge in [0, 0.05) is 24.3 Å². The summed E-state index contributed by atoms with van der Waals surface area (Å²) >= 11 is 0. The highest BCUT2D eigenvalue weighted by Crippen LogP contribution is 2.34. The average Bonchev–Trinajstić information content (AvgIpc) is 3.53. The molecule has 0 bridgehead atoms. The van der Waals surface area contributed by atoms with Crippen molar-refractivity contribution in [3.8, 4) is 5.69 Å². The van der Waals surface area contributed by atoms with Crippen molar-refractivity contribution in [1.82, 2.24) is 25.1 Å². The van der Waals surface area contributed by atoms with Crippen LogP contribution in [-0.4, -0.2) is 63.0 Å². The van der Waals surface area contributed by atoms with Gasteiger partial charge >= 0.3 is 5.97 Å². The number of fused-ring (bicyclic) bond motifs is 1. The molecular formula is C27H33N5O4. The third kappa shape index (κ3) is 4.83. The maximum Gasteiger partial charge on any atom is 0.336 e. The van der Waals surface area contributed by atoms with Crippen LogP contribution < -0.4 is 10.6 Å². The molecule has 3 N–H and O–H groups in total. The minimum absolute atomic E-state index is 0.0640. The summed E-state index contributed by atoms with van der Waals surface area (Å²) < 4.78 is 1.91. The molecule has 190 valence electrons. The first-order valence-corrected chi connectivity index (χ1v) is 12.3. The van der Waals surface area contributed by atoms with E-state index in [0.29, 0.717) is 11.9 Å². The van der Waals surface area contributed by atoms with Gasteiger partial charge in [0.25, 0.3) is 0 Å². The smallest absolute Gasteiger partial charge is 0.336 e. The zero-order valence-corrected chi connectivity index (χ0v) is 21.1. The number of nitrogens with zero attached hydrogens (tertiary/aromatic N) is 3. The Hall–Kier alpha value is -3.72. The fourth-order valence-corrected chi connectivity index (χ4v) is 4.82. The lowest BCUT2D eigenvalue weighted by molar-refractivity contribution is -0.138. The third-order valence-corrected chi connectivity index (χ3v) is 6.96. The van der Waals surface area contributed by atoms with Crippen LogP contribution in [0.4, 0.5) is 0 Å². The molecular weight excluding hydrogens is 458 g/mol. The molecule has 1 aromatic carbocycles. The van der Waals surface area contributed by atoms with E-state index in [-0.39, 0.29) is 29.3 Å². The van der Waals surface area contributed by atoms with Crippen LogP contribution in [0.25, 0.3) is 16.6 Å². The second-order valence-electron chi connectivity index (χ2n) is 9.64. The number of benzene rings is 1. The summed E-state index contributed by atoms with van der Waals surface area (Å²) in [7, 11) is 1.71. The summed E-state index contributed by atoms with van der Waals surface area (Å²) in [4.78, 5) is 44.1. The molecule has 1 fully saturated rings. The lowest BCUT2D eigenvalue weighted by atomic mass is 10.00. The normalized spacial score (nSPS) is 17.4. The number of aromatic nitrogens is 2. The Labute approximate surface area is 210 Å². The maximum absolute atomic E-state index is 13.6. The van der Waals surface area contributed by atoms with Gasteiger partial charge in [-0.15, -0.1) is 0 Å². The van der Waals surface area contributed by atoms with E-state index in [9.17, 15) is 19.5 Å². The number of rotatable bonds is 8. The Bertz CT molecular complexity index is 1280. The maximum atomic E-state index is 13.6. The van der Waals surface area contributed by atoms with Crippen molar-refractivity contribution >= 4 is 28.7 Å². The van der Waals surface area contributed by atoms with E-state index in [0.717, 1.165) is 29.6 Å². The summed E-state index contributed by atoms with van der Waals surface area (Å²) in [5.41, 5.74) is 2.72. The van der Waals surface area contributed by atoms with E-state index in [4.69, 9.17) is 0 Å². The predicted octanol–water partition coefficient (Wildman–Crippen LogP) is 3.14. The van der Waals surface area contributed by atoms with Crippen LogP contribution in [-0.2, 0) is 9.59 Å². The number of carboxylic acid groups (broad SMARTS) is 1. The van der Waals surface area contributed by atoms with Gasteiger partial charge in [-0.3, -0.25) is 14.6 Å². The Kier molecular flexibility index (Phi) is 7.40. The van der Waals surface area contributed by atoms with Gasteiger partial charge in [-0.2, -0.15) is 0 Å². The van der Waals surface area contributed by atoms with Gasteiger partial charge in [-0.05, 0) is 62.6 Å². The van der Waals surface area contributed by atoms with E-state index in [1.807, 2.05) is 41.6 Å². The zero-order valence-electron chi connectivity index (χ0n) is 21.1. The van der Waals surface area contributed by atoms with Crippen LogP contribution >= 0.6 is 0 Å². The molecule has 1 saturated heterocycles. The first kappa shape index (κ1) is 25.4. The molecule has 0 spiro atoms. The number of aromatic carboxylic acids is 1. The van der Waals surface area contributed by atoms with Crippen molar-refractivity contribution in [3.05, 3.63) is 60.0 Å². The van der Waals surface area contributed by atoms with Crippen molar-refractivity contribution in [2.75, 3.05) is 13.6 Å². The highest BCUT2D eigenvalue weighted by Gasteiger charge is 2.36. The Morgan fingerprint density at radius 2 is 1.92 bits per heavy atom. The molecule has 2 amide bonds. The number of carbonyl (C=O) groups excluding carboxylic acids is 2. The number of likely N-dealkylation sites (tertiary alicyclic amines) is 1. The molecule has 9 heteroatoms. The van der Waals surface area contributed by atoms with Crippen LogP contribution in [0.15, 0.2) is 48.9 Å². The first-order chi connectivity index (χ1) is 17.2. The van der Waals surface area contributed by atoms with Gasteiger partial charge in [0.15, 0.2) is 0 Å². The first-order valence-electron chi connectivity index (χ1n) is 12.3. The van der Waals surface area contributed by atoms with Gasteiger partial charge in [0.05, 0.1) is 35.0 Å². The second-order valence-corrected chi connectivity index (χ2v) is 9.64. The Balaban J connectivity index is 1.63. The van der Waals surface area contributed by atoms with Gasteiger partial charge in [-0.25, -0.2) is 4.79 Å². The molecule has 1 aliphatic rings. The molecule has 0 saturated carbocycles. The number of amides is 2. The summed E-state index contributed by atoms with van der Waals surface area (Å²) in [6, 6.07) is 7.82. The minimum Gasteiger partial charge on any atom is -0.478 e. The Morgan fingerprint density at radius 3 is 2.61 bits per heavy atom. The zero-order chi connectivity index (χ0) is 26.0. The second kappa shape index (κ2) is 10.5. The SMILES string of the molecule is CN[C@@H](C)C(=O)N[C@H](C(=O)N1CCC[C@H]1c1cncc(-n2ccc3c(C(=O)O)cccc32)c1)C(C)C. The fraction of sp³-hybridized carbons (Fsp3) is 0.407. The quantitative estimate of drug-likeness (QED) is 0.446. The molecule has 4 rings (SSSR count). The molecule has 3 heterocycles. The average molecular weight is 492 g/mol. The molecule has 3 atom stereocenters. The molecule has 0 aliphatic carbocycles. The molecule has 0 radical (unpaired) electrons. The van der Waals surface area contributed by atoms with E-state index in [2.05, 4.69) is 15.6 Å². The molecule has 1 aliphatic heterocycles. The van der Waals surface area contributed by atoms with Gasteiger partial charge < -0.3 is 25.2 Å². The number of carboxylic acids is 1. The third-order valence-electron chi connectivity index (χ3n) is 6.96. The minimum atomic E-state index is -0.971. The lowest BCUT2D eigenvalue weighted by Gasteiger charge is -2.32. The molecule has 2 aromatic heterocycles. The predicted molar refractivity (Wildman–Crippen MR) is 137 cm³/mol. The number of hydrogen-bond donors (Lipinski definition) is 3. The van der Waals surface area contributed by atoms with Crippen LogP contribution in [0.1, 0.15) is 55.6 Å². The summed E-state index contributed by atoms with van der Waals surface area (Å²) in [6.07, 6.45) is 7.01. The molecule has 36 heavy (non-hydrogen) atoms. The standard InChI is InChI=1S/C27H33N5O4/c1-16(2)24(30-25(33)17(3)28-4)26(34)32-11-6-9-22(32)18-13-19(15-29-14-18)31-12-10-20-21(27(35)36)7-5-8-23(20)31/h5,7-8,10,12-17,22,24,28H,6,9,11H2,1-4H3,(H,30,33)(H,35,36)/t17-,22-,24-/m0/s1. The highest BCUT2D eigenvalue weighted by atomic mass is 16.4. The molecule has 0 unspecified atom stereocenters. The van der Waals surface area contributed by atoms with Gasteiger partial charge in [0.1, 0.15) is 6.04 Å². The van der Waals surface area contributed by atoms with Crippen LogP contribution in [0.5, 0.6) is 0 Å². The molecule has 3 aromatic rings. The fourth-order valence-electron chi connectivity index (χ4n) is 4.82. The molecule has 9 nitrogen and oxygen atoms in total. The number of pyridine rings is 1. The van der Waals surface area contributed by atoms with Crippen LogP contribution in [0, 0.1) is 5.92 Å². The van der Waals surface area contributed by atoms with Crippen molar-refractivity contribution < 1.29 is 19.5 Å². The van der Waals surface area contributed by atoms with Crippen LogP contribution in [0.3, 0.4) is 0 Å². The number of hydrogen-bond acceptors (Lipinski definition) is 5.